The number of hydrogen-bond acceptors (Lipinski definition) is 5. The first-order chi connectivity index (χ1) is 14.7. The number of nitrogens with zero attached hydrogens (tertiary/aromatic N) is 2. The Morgan fingerprint density at radius 1 is 1.03 bits per heavy atom. The standard InChI is InChI=1S/C24H21N3O2S/c1-17-27-23(16-30-17)19-6-4-18(5-7-19)12-14-26-24(28)20-8-10-21(11-9-20)29-22-3-2-13-25-15-22/h2-11,13,15-16H,12,14H2,1H3,(H,26,28). The molecule has 0 atom stereocenters. The molecule has 2 aromatic heterocycles. The minimum atomic E-state index is -0.0995. The number of carbonyl (C=O) groups excluding carboxylic acids is 1. The number of carbonyl (C=O) groups is 1. The zero-order chi connectivity index (χ0) is 20.8. The van der Waals surface area contributed by atoms with Crippen LogP contribution in [0.5, 0.6) is 11.5 Å². The number of hydrogen-bond donors (Lipinski definition) is 1. The van der Waals surface area contributed by atoms with Crippen LogP contribution in [0.3, 0.4) is 0 Å². The van der Waals surface area contributed by atoms with E-state index in [0.717, 1.165) is 22.7 Å². The summed E-state index contributed by atoms with van der Waals surface area (Å²) in [5.74, 6) is 1.22. The first-order valence-corrected chi connectivity index (χ1v) is 10.5. The maximum absolute atomic E-state index is 12.4. The van der Waals surface area contributed by atoms with E-state index < -0.39 is 0 Å². The molecule has 0 unspecified atom stereocenters. The van der Waals surface area contributed by atoms with Gasteiger partial charge in [-0.25, -0.2) is 4.98 Å². The van der Waals surface area contributed by atoms with Crippen molar-refractivity contribution in [1.29, 1.82) is 0 Å². The lowest BCUT2D eigenvalue weighted by molar-refractivity contribution is 0.0954. The number of benzene rings is 2. The summed E-state index contributed by atoms with van der Waals surface area (Å²) >= 11 is 1.65. The molecule has 0 fully saturated rings. The average molecular weight is 416 g/mol. The molecule has 0 saturated carbocycles. The van der Waals surface area contributed by atoms with Crippen LogP contribution in [-0.2, 0) is 6.42 Å². The zero-order valence-corrected chi connectivity index (χ0v) is 17.4. The average Bonchev–Trinajstić information content (AvgIpc) is 3.22. The second kappa shape index (κ2) is 9.33. The third-order valence-electron chi connectivity index (χ3n) is 4.55. The van der Waals surface area contributed by atoms with Crippen molar-refractivity contribution < 1.29 is 9.53 Å². The Balaban J connectivity index is 1.27. The van der Waals surface area contributed by atoms with Crippen molar-refractivity contribution in [1.82, 2.24) is 15.3 Å². The molecule has 1 N–H and O–H groups in total. The molecule has 0 saturated heterocycles. The second-order valence-electron chi connectivity index (χ2n) is 6.77. The topological polar surface area (TPSA) is 64.1 Å². The first kappa shape index (κ1) is 19.8. The van der Waals surface area contributed by atoms with Crippen LogP contribution in [0.1, 0.15) is 20.9 Å². The van der Waals surface area contributed by atoms with Crippen LogP contribution in [0.4, 0.5) is 0 Å². The Kier molecular flexibility index (Phi) is 6.15. The summed E-state index contributed by atoms with van der Waals surface area (Å²) in [7, 11) is 0. The maximum Gasteiger partial charge on any atom is 0.251 e. The van der Waals surface area contributed by atoms with E-state index in [1.54, 1.807) is 48.0 Å². The molecule has 0 spiro atoms. The fourth-order valence-electron chi connectivity index (χ4n) is 2.98. The molecular weight excluding hydrogens is 394 g/mol. The van der Waals surface area contributed by atoms with E-state index in [4.69, 9.17) is 4.74 Å². The number of amides is 1. The van der Waals surface area contributed by atoms with Crippen LogP contribution in [0.15, 0.2) is 78.4 Å². The highest BCUT2D eigenvalue weighted by Crippen LogP contribution is 2.22. The van der Waals surface area contributed by atoms with Crippen LogP contribution in [0, 0.1) is 6.92 Å². The van der Waals surface area contributed by atoms with Crippen molar-refractivity contribution in [2.45, 2.75) is 13.3 Å². The lowest BCUT2D eigenvalue weighted by Crippen LogP contribution is -2.25. The number of rotatable bonds is 7. The highest BCUT2D eigenvalue weighted by molar-refractivity contribution is 7.09. The normalized spacial score (nSPS) is 10.6. The Bertz CT molecular complexity index is 1110. The monoisotopic (exact) mass is 415 g/mol. The van der Waals surface area contributed by atoms with Gasteiger partial charge in [0, 0.05) is 29.2 Å². The van der Waals surface area contributed by atoms with Crippen LogP contribution in [0.25, 0.3) is 11.3 Å². The third-order valence-corrected chi connectivity index (χ3v) is 5.33. The third kappa shape index (κ3) is 5.10. The van der Waals surface area contributed by atoms with Crippen molar-refractivity contribution in [3.05, 3.63) is 94.6 Å². The van der Waals surface area contributed by atoms with Gasteiger partial charge in [-0.1, -0.05) is 24.3 Å². The summed E-state index contributed by atoms with van der Waals surface area (Å²) in [5, 5.41) is 6.10. The summed E-state index contributed by atoms with van der Waals surface area (Å²) in [6, 6.07) is 19.0. The van der Waals surface area contributed by atoms with E-state index in [-0.39, 0.29) is 5.91 Å². The van der Waals surface area contributed by atoms with E-state index >= 15 is 0 Å². The summed E-state index contributed by atoms with van der Waals surface area (Å²) < 4.78 is 5.70. The minimum Gasteiger partial charge on any atom is -0.456 e. The number of thiazole rings is 1. The predicted octanol–water partition coefficient (Wildman–Crippen LogP) is 5.28. The lowest BCUT2D eigenvalue weighted by atomic mass is 10.1. The Hall–Kier alpha value is -3.51. The molecule has 150 valence electrons. The molecule has 0 aliphatic rings. The van der Waals surface area contributed by atoms with Gasteiger partial charge in [-0.3, -0.25) is 9.78 Å². The van der Waals surface area contributed by atoms with Crippen molar-refractivity contribution in [2.24, 2.45) is 0 Å². The molecule has 4 rings (SSSR count). The van der Waals surface area contributed by atoms with Crippen LogP contribution in [0.2, 0.25) is 0 Å². The lowest BCUT2D eigenvalue weighted by Gasteiger charge is -2.08. The SMILES string of the molecule is Cc1nc(-c2ccc(CCNC(=O)c3ccc(Oc4cccnc4)cc3)cc2)cs1. The fourth-order valence-corrected chi connectivity index (χ4v) is 3.60. The molecule has 2 aromatic carbocycles. The van der Waals surface area contributed by atoms with Gasteiger partial charge in [-0.15, -0.1) is 11.3 Å². The summed E-state index contributed by atoms with van der Waals surface area (Å²) in [4.78, 5) is 20.9. The fraction of sp³-hybridized carbons (Fsp3) is 0.125. The van der Waals surface area contributed by atoms with Gasteiger partial charge in [0.15, 0.2) is 0 Å². The molecular formula is C24H21N3O2S. The largest absolute Gasteiger partial charge is 0.456 e. The number of aromatic nitrogens is 2. The summed E-state index contributed by atoms with van der Waals surface area (Å²) in [5.41, 5.74) is 3.89. The highest BCUT2D eigenvalue weighted by atomic mass is 32.1. The van der Waals surface area contributed by atoms with Crippen molar-refractivity contribution in [3.8, 4) is 22.8 Å². The summed E-state index contributed by atoms with van der Waals surface area (Å²) in [6.45, 7) is 2.58. The van der Waals surface area contributed by atoms with E-state index in [9.17, 15) is 4.79 Å². The van der Waals surface area contributed by atoms with Crippen LogP contribution >= 0.6 is 11.3 Å². The summed E-state index contributed by atoms with van der Waals surface area (Å²) in [6.07, 6.45) is 4.10. The van der Waals surface area contributed by atoms with Gasteiger partial charge in [-0.05, 0) is 55.3 Å². The van der Waals surface area contributed by atoms with Crippen molar-refractivity contribution in [2.75, 3.05) is 6.54 Å². The van der Waals surface area contributed by atoms with E-state index in [1.807, 2.05) is 19.1 Å². The molecule has 6 heteroatoms. The molecule has 0 aliphatic carbocycles. The van der Waals surface area contributed by atoms with Crippen LogP contribution in [-0.4, -0.2) is 22.4 Å². The van der Waals surface area contributed by atoms with E-state index in [1.165, 1.54) is 5.56 Å². The second-order valence-corrected chi connectivity index (χ2v) is 7.83. The Labute approximate surface area is 179 Å². The van der Waals surface area contributed by atoms with Crippen molar-refractivity contribution >= 4 is 17.2 Å². The molecule has 0 radical (unpaired) electrons. The highest BCUT2D eigenvalue weighted by Gasteiger charge is 2.07. The molecule has 0 bridgehead atoms. The van der Waals surface area contributed by atoms with E-state index in [0.29, 0.717) is 23.6 Å². The molecule has 1 amide bonds. The van der Waals surface area contributed by atoms with Gasteiger partial charge in [0.2, 0.25) is 0 Å². The molecule has 4 aromatic rings. The zero-order valence-electron chi connectivity index (χ0n) is 16.5. The van der Waals surface area contributed by atoms with E-state index in [2.05, 4.69) is 44.9 Å². The molecule has 2 heterocycles. The number of aryl methyl sites for hydroxylation is 1. The number of pyridine rings is 1. The maximum atomic E-state index is 12.4. The van der Waals surface area contributed by atoms with Gasteiger partial charge < -0.3 is 10.1 Å². The van der Waals surface area contributed by atoms with Gasteiger partial charge in [0.05, 0.1) is 16.9 Å². The van der Waals surface area contributed by atoms with Crippen LogP contribution < -0.4 is 10.1 Å². The molecule has 30 heavy (non-hydrogen) atoms. The Morgan fingerprint density at radius 3 is 2.50 bits per heavy atom. The number of ether oxygens (including phenoxy) is 1. The van der Waals surface area contributed by atoms with Gasteiger partial charge >= 0.3 is 0 Å². The predicted molar refractivity (Wildman–Crippen MR) is 119 cm³/mol. The Morgan fingerprint density at radius 2 is 1.83 bits per heavy atom. The quantitative estimate of drug-likeness (QED) is 0.446. The van der Waals surface area contributed by atoms with Gasteiger partial charge in [0.1, 0.15) is 11.5 Å². The minimum absolute atomic E-state index is 0.0995. The molecule has 5 nitrogen and oxygen atoms in total. The van der Waals surface area contributed by atoms with Crippen molar-refractivity contribution in [3.63, 3.8) is 0 Å². The molecule has 0 aliphatic heterocycles. The number of nitrogens with one attached hydrogen (secondary N) is 1. The van der Waals surface area contributed by atoms with Gasteiger partial charge in [0.25, 0.3) is 5.91 Å². The first-order valence-electron chi connectivity index (χ1n) is 9.65. The van der Waals surface area contributed by atoms with Gasteiger partial charge in [-0.2, -0.15) is 0 Å². The smallest absolute Gasteiger partial charge is 0.251 e.